The van der Waals surface area contributed by atoms with Crippen molar-refractivity contribution in [2.24, 2.45) is 0 Å². The molecule has 3 aromatic heterocycles. The van der Waals surface area contributed by atoms with E-state index in [1.54, 1.807) is 0 Å². The zero-order valence-corrected chi connectivity index (χ0v) is 13.5. The van der Waals surface area contributed by atoms with Crippen LogP contribution in [-0.2, 0) is 0 Å². The van der Waals surface area contributed by atoms with Gasteiger partial charge in [-0.05, 0) is 26.7 Å². The Labute approximate surface area is 137 Å². The van der Waals surface area contributed by atoms with Crippen LogP contribution in [0.5, 0.6) is 0 Å². The second kappa shape index (κ2) is 5.16. The molecule has 0 atom stereocenters. The second-order valence-electron chi connectivity index (χ2n) is 6.11. The van der Waals surface area contributed by atoms with Gasteiger partial charge in [0.2, 0.25) is 0 Å². The van der Waals surface area contributed by atoms with Gasteiger partial charge in [0.25, 0.3) is 0 Å². The smallest absolute Gasteiger partial charge is 0.155 e. The van der Waals surface area contributed by atoms with E-state index >= 15 is 0 Å². The van der Waals surface area contributed by atoms with Crippen LogP contribution < -0.4 is 0 Å². The maximum atomic E-state index is 11.6. The van der Waals surface area contributed by atoms with Gasteiger partial charge in [-0.2, -0.15) is 0 Å². The summed E-state index contributed by atoms with van der Waals surface area (Å²) in [5, 5.41) is 5.19. The number of aldehydes is 1. The summed E-state index contributed by atoms with van der Waals surface area (Å²) >= 11 is 6.30. The number of carbonyl (C=O) groups is 1. The van der Waals surface area contributed by atoms with Crippen LogP contribution in [0, 0.1) is 0 Å². The van der Waals surface area contributed by atoms with Gasteiger partial charge in [-0.25, -0.2) is 9.97 Å². The van der Waals surface area contributed by atoms with Crippen LogP contribution in [0.3, 0.4) is 0 Å². The van der Waals surface area contributed by atoms with Crippen molar-refractivity contribution in [3.05, 3.63) is 29.0 Å². The predicted molar refractivity (Wildman–Crippen MR) is 85.8 cm³/mol. The normalized spacial score (nSPS) is 14.8. The number of hydrogen-bond acceptors (Lipinski definition) is 5. The lowest BCUT2D eigenvalue weighted by atomic mass is 10.1. The van der Waals surface area contributed by atoms with Gasteiger partial charge in [0.15, 0.2) is 12.0 Å². The first kappa shape index (κ1) is 14.4. The molecule has 0 saturated heterocycles. The minimum absolute atomic E-state index is 0.187. The molecule has 3 aromatic rings. The van der Waals surface area contributed by atoms with Crippen molar-refractivity contribution in [3.63, 3.8) is 0 Å². The van der Waals surface area contributed by atoms with E-state index in [2.05, 4.69) is 29.0 Å². The molecule has 0 spiro atoms. The van der Waals surface area contributed by atoms with Crippen LogP contribution in [0.1, 0.15) is 54.8 Å². The molecule has 1 saturated carbocycles. The monoisotopic (exact) mass is 330 g/mol. The molecule has 1 aliphatic rings. The van der Waals surface area contributed by atoms with Gasteiger partial charge in [-0.15, -0.1) is 0 Å². The Balaban J connectivity index is 2.01. The third-order valence-corrected chi connectivity index (χ3v) is 4.48. The Morgan fingerprint density at radius 1 is 1.39 bits per heavy atom. The van der Waals surface area contributed by atoms with Crippen LogP contribution >= 0.6 is 11.6 Å². The topological polar surface area (TPSA) is 73.8 Å². The molecule has 1 aliphatic carbocycles. The van der Waals surface area contributed by atoms with Crippen molar-refractivity contribution in [3.8, 4) is 11.3 Å². The molecule has 118 valence electrons. The van der Waals surface area contributed by atoms with Crippen LogP contribution in [0.4, 0.5) is 0 Å². The summed E-state index contributed by atoms with van der Waals surface area (Å²) in [7, 11) is 0. The lowest BCUT2D eigenvalue weighted by molar-refractivity contribution is 0.112. The summed E-state index contributed by atoms with van der Waals surface area (Å²) in [5.41, 5.74) is 2.48. The summed E-state index contributed by atoms with van der Waals surface area (Å²) in [6, 6.07) is 0.187. The van der Waals surface area contributed by atoms with Crippen molar-refractivity contribution >= 4 is 28.9 Å². The number of nitrogens with zero attached hydrogens (tertiary/aromatic N) is 4. The molecule has 0 radical (unpaired) electrons. The molecule has 0 aromatic carbocycles. The van der Waals surface area contributed by atoms with Crippen LogP contribution in [0.2, 0.25) is 5.15 Å². The number of hydrogen-bond donors (Lipinski definition) is 0. The fourth-order valence-corrected chi connectivity index (χ4v) is 3.11. The lowest BCUT2D eigenvalue weighted by Crippen LogP contribution is -1.99. The first-order valence-electron chi connectivity index (χ1n) is 7.58. The summed E-state index contributed by atoms with van der Waals surface area (Å²) in [5.74, 6) is 0.982. The average Bonchev–Trinajstić information content (AvgIpc) is 3.15. The summed E-state index contributed by atoms with van der Waals surface area (Å²) in [4.78, 5) is 20.0. The van der Waals surface area contributed by atoms with E-state index in [0.29, 0.717) is 33.5 Å². The third-order valence-electron chi connectivity index (χ3n) is 4.20. The van der Waals surface area contributed by atoms with Gasteiger partial charge in [0.05, 0.1) is 10.9 Å². The first-order valence-corrected chi connectivity index (χ1v) is 7.95. The quantitative estimate of drug-likeness (QED) is 0.533. The summed E-state index contributed by atoms with van der Waals surface area (Å²) in [6.45, 7) is 4.11. The molecule has 0 aliphatic heterocycles. The highest BCUT2D eigenvalue weighted by Crippen LogP contribution is 2.44. The molecule has 23 heavy (non-hydrogen) atoms. The average molecular weight is 331 g/mol. The van der Waals surface area contributed by atoms with E-state index in [4.69, 9.17) is 16.1 Å². The Morgan fingerprint density at radius 2 is 2.17 bits per heavy atom. The Morgan fingerprint density at radius 3 is 2.83 bits per heavy atom. The molecular formula is C16H15ClN4O2. The maximum Gasteiger partial charge on any atom is 0.155 e. The largest absolute Gasteiger partial charge is 0.360 e. The number of fused-ring (bicyclic) bond motifs is 1. The van der Waals surface area contributed by atoms with Gasteiger partial charge in [-0.3, -0.25) is 4.79 Å². The van der Waals surface area contributed by atoms with E-state index in [1.807, 2.05) is 10.8 Å². The minimum Gasteiger partial charge on any atom is -0.360 e. The first-order chi connectivity index (χ1) is 11.1. The molecule has 0 N–H and O–H groups in total. The van der Waals surface area contributed by atoms with Crippen molar-refractivity contribution in [2.45, 2.75) is 38.6 Å². The van der Waals surface area contributed by atoms with Crippen molar-refractivity contribution in [2.75, 3.05) is 0 Å². The molecule has 3 heterocycles. The Kier molecular flexibility index (Phi) is 3.23. The fourth-order valence-electron chi connectivity index (χ4n) is 2.88. The van der Waals surface area contributed by atoms with Gasteiger partial charge in [0, 0.05) is 23.7 Å². The Bertz CT molecular complexity index is 908. The third kappa shape index (κ3) is 2.16. The van der Waals surface area contributed by atoms with Crippen molar-refractivity contribution in [1.82, 2.24) is 19.7 Å². The number of halogens is 1. The van der Waals surface area contributed by atoms with Crippen molar-refractivity contribution < 1.29 is 9.32 Å². The number of carbonyl (C=O) groups excluding carboxylic acids is 1. The van der Waals surface area contributed by atoms with Crippen LogP contribution in [0.15, 0.2) is 17.0 Å². The highest BCUT2D eigenvalue weighted by molar-refractivity contribution is 6.35. The lowest BCUT2D eigenvalue weighted by Gasteiger charge is -2.07. The predicted octanol–water partition coefficient (Wildman–Crippen LogP) is 4.01. The second-order valence-corrected chi connectivity index (χ2v) is 6.47. The molecule has 0 amide bonds. The zero-order valence-electron chi connectivity index (χ0n) is 12.8. The SMILES string of the molecule is CC(C)n1cc(-c2noc(C3CC3)c2C=O)c2c(Cl)ncnc21. The minimum atomic E-state index is 0.187. The van der Waals surface area contributed by atoms with E-state index in [9.17, 15) is 4.79 Å². The standard InChI is InChI=1S/C16H15ClN4O2/c1-8(2)21-5-10(12-15(17)18-7-19-16(12)21)13-11(6-22)14(23-20-13)9-3-4-9/h5-9H,3-4H2,1-2H3. The van der Waals surface area contributed by atoms with Gasteiger partial charge in [0.1, 0.15) is 22.8 Å². The summed E-state index contributed by atoms with van der Waals surface area (Å²) in [6.07, 6.45) is 6.24. The highest BCUT2D eigenvalue weighted by Gasteiger charge is 2.33. The van der Waals surface area contributed by atoms with E-state index < -0.39 is 0 Å². The molecule has 0 unspecified atom stereocenters. The summed E-state index contributed by atoms with van der Waals surface area (Å²) < 4.78 is 7.45. The fraction of sp³-hybridized carbons (Fsp3) is 0.375. The molecule has 6 nitrogen and oxygen atoms in total. The van der Waals surface area contributed by atoms with Crippen molar-refractivity contribution in [1.29, 1.82) is 0 Å². The molecule has 1 fully saturated rings. The van der Waals surface area contributed by atoms with Crippen LogP contribution in [-0.4, -0.2) is 26.0 Å². The number of aromatic nitrogens is 4. The molecule has 7 heteroatoms. The maximum absolute atomic E-state index is 11.6. The number of rotatable bonds is 4. The van der Waals surface area contributed by atoms with E-state index in [-0.39, 0.29) is 6.04 Å². The van der Waals surface area contributed by atoms with Gasteiger partial charge < -0.3 is 9.09 Å². The zero-order chi connectivity index (χ0) is 16.1. The van der Waals surface area contributed by atoms with Crippen LogP contribution in [0.25, 0.3) is 22.3 Å². The molecular weight excluding hydrogens is 316 g/mol. The molecule has 4 rings (SSSR count). The molecule has 0 bridgehead atoms. The highest BCUT2D eigenvalue weighted by atomic mass is 35.5. The Hall–Kier alpha value is -2.21. The van der Waals surface area contributed by atoms with Gasteiger partial charge >= 0.3 is 0 Å². The van der Waals surface area contributed by atoms with E-state index in [0.717, 1.165) is 30.3 Å². The van der Waals surface area contributed by atoms with Gasteiger partial charge in [-0.1, -0.05) is 16.8 Å². The van der Waals surface area contributed by atoms with E-state index in [1.165, 1.54) is 6.33 Å².